The summed E-state index contributed by atoms with van der Waals surface area (Å²) in [7, 11) is 0. The van der Waals surface area contributed by atoms with Gasteiger partial charge in [-0.05, 0) is 36.8 Å². The molecule has 1 N–H and O–H groups in total. The van der Waals surface area contributed by atoms with Crippen LogP contribution in [0.5, 0.6) is 5.75 Å². The Labute approximate surface area is 139 Å². The predicted octanol–water partition coefficient (Wildman–Crippen LogP) is 6.84. The van der Waals surface area contributed by atoms with Crippen molar-refractivity contribution in [3.05, 3.63) is 49.4 Å². The maximum Gasteiger partial charge on any atom is 0.146 e. The van der Waals surface area contributed by atoms with Gasteiger partial charge in [0.25, 0.3) is 0 Å². The van der Waals surface area contributed by atoms with Crippen LogP contribution in [-0.2, 0) is 0 Å². The minimum atomic E-state index is 0.0631. The van der Waals surface area contributed by atoms with E-state index in [2.05, 4.69) is 26.2 Å². The van der Waals surface area contributed by atoms with Crippen LogP contribution in [0.15, 0.2) is 39.0 Å². The average Bonchev–Trinajstić information content (AvgIpc) is 2.37. The molecule has 0 bridgehead atoms. The van der Waals surface area contributed by atoms with Gasteiger partial charge in [-0.25, -0.2) is 0 Å². The van der Waals surface area contributed by atoms with Crippen LogP contribution in [-0.4, -0.2) is 5.11 Å². The Bertz CT molecular complexity index is 705. The Kier molecular flexibility index (Phi) is 4.91. The standard InChI is InChI=1S/C13H8BrCl3N2O/c1-6-2-7(14)3-12(13(6)20)19-18-11-5-9(16)8(15)4-10(11)17/h2-5,20H,1H3. The van der Waals surface area contributed by atoms with E-state index in [0.29, 0.717) is 32.0 Å². The first kappa shape index (κ1) is 15.6. The number of azo groups is 1. The highest BCUT2D eigenvalue weighted by molar-refractivity contribution is 9.10. The van der Waals surface area contributed by atoms with Crippen LogP contribution in [0.2, 0.25) is 15.1 Å². The SMILES string of the molecule is Cc1cc(Br)cc(N=Nc2cc(Cl)c(Cl)cc2Cl)c1O. The van der Waals surface area contributed by atoms with Crippen molar-refractivity contribution in [2.75, 3.05) is 0 Å². The van der Waals surface area contributed by atoms with Crippen molar-refractivity contribution in [1.29, 1.82) is 0 Å². The van der Waals surface area contributed by atoms with Gasteiger partial charge in [0.05, 0.1) is 15.1 Å². The molecule has 2 rings (SSSR count). The fraction of sp³-hybridized carbons (Fsp3) is 0.0769. The summed E-state index contributed by atoms with van der Waals surface area (Å²) in [6.45, 7) is 1.77. The zero-order valence-electron chi connectivity index (χ0n) is 10.2. The maximum absolute atomic E-state index is 9.91. The molecule has 0 aliphatic rings. The summed E-state index contributed by atoms with van der Waals surface area (Å²) in [5, 5.41) is 18.9. The lowest BCUT2D eigenvalue weighted by Crippen LogP contribution is -1.77. The second-order valence-electron chi connectivity index (χ2n) is 4.01. The molecule has 2 aromatic carbocycles. The number of aromatic hydroxyl groups is 1. The summed E-state index contributed by atoms with van der Waals surface area (Å²) in [6.07, 6.45) is 0. The molecule has 0 aliphatic carbocycles. The summed E-state index contributed by atoms with van der Waals surface area (Å²) in [4.78, 5) is 0. The zero-order chi connectivity index (χ0) is 14.9. The monoisotopic (exact) mass is 392 g/mol. The second-order valence-corrected chi connectivity index (χ2v) is 6.15. The van der Waals surface area contributed by atoms with E-state index in [1.165, 1.54) is 12.1 Å². The Morgan fingerprint density at radius 1 is 0.900 bits per heavy atom. The van der Waals surface area contributed by atoms with Crippen LogP contribution < -0.4 is 0 Å². The summed E-state index contributed by atoms with van der Waals surface area (Å²) in [5.41, 5.74) is 1.39. The molecule has 7 heteroatoms. The van der Waals surface area contributed by atoms with Crippen molar-refractivity contribution in [2.45, 2.75) is 6.92 Å². The first-order valence-corrected chi connectivity index (χ1v) is 7.36. The van der Waals surface area contributed by atoms with E-state index in [-0.39, 0.29) is 5.75 Å². The third-order valence-electron chi connectivity index (χ3n) is 2.50. The maximum atomic E-state index is 9.91. The van der Waals surface area contributed by atoms with Crippen LogP contribution in [0.1, 0.15) is 5.56 Å². The number of aryl methyl sites for hydroxylation is 1. The minimum absolute atomic E-state index is 0.0631. The molecule has 0 radical (unpaired) electrons. The van der Waals surface area contributed by atoms with E-state index in [1.54, 1.807) is 19.1 Å². The lowest BCUT2D eigenvalue weighted by atomic mass is 10.2. The normalized spacial score (nSPS) is 11.2. The molecule has 0 heterocycles. The van der Waals surface area contributed by atoms with Gasteiger partial charge in [-0.3, -0.25) is 0 Å². The molecular formula is C13H8BrCl3N2O. The van der Waals surface area contributed by atoms with Gasteiger partial charge < -0.3 is 5.11 Å². The van der Waals surface area contributed by atoms with Crippen molar-refractivity contribution in [2.24, 2.45) is 10.2 Å². The highest BCUT2D eigenvalue weighted by Gasteiger charge is 2.08. The predicted molar refractivity (Wildman–Crippen MR) is 86.2 cm³/mol. The molecular weight excluding hydrogens is 386 g/mol. The second kappa shape index (κ2) is 6.31. The van der Waals surface area contributed by atoms with Gasteiger partial charge in [0.1, 0.15) is 17.1 Å². The van der Waals surface area contributed by atoms with Gasteiger partial charge in [-0.1, -0.05) is 50.7 Å². The van der Waals surface area contributed by atoms with E-state index < -0.39 is 0 Å². The molecule has 0 amide bonds. The lowest BCUT2D eigenvalue weighted by Gasteiger charge is -2.04. The van der Waals surface area contributed by atoms with Gasteiger partial charge in [0.2, 0.25) is 0 Å². The van der Waals surface area contributed by atoms with E-state index in [0.717, 1.165) is 4.47 Å². The van der Waals surface area contributed by atoms with E-state index in [1.807, 2.05) is 0 Å². The van der Waals surface area contributed by atoms with Gasteiger partial charge in [-0.2, -0.15) is 0 Å². The van der Waals surface area contributed by atoms with Crippen molar-refractivity contribution in [1.82, 2.24) is 0 Å². The van der Waals surface area contributed by atoms with E-state index in [4.69, 9.17) is 34.8 Å². The van der Waals surface area contributed by atoms with Crippen LogP contribution >= 0.6 is 50.7 Å². The fourth-order valence-electron chi connectivity index (χ4n) is 1.49. The molecule has 2 aromatic rings. The number of benzene rings is 2. The molecule has 0 saturated carbocycles. The van der Waals surface area contributed by atoms with Crippen molar-refractivity contribution < 1.29 is 5.11 Å². The van der Waals surface area contributed by atoms with Crippen LogP contribution in [0, 0.1) is 6.92 Å². The third kappa shape index (κ3) is 3.44. The number of nitrogens with zero attached hydrogens (tertiary/aromatic N) is 2. The molecule has 0 unspecified atom stereocenters. The first-order chi connectivity index (χ1) is 9.38. The molecule has 0 saturated heterocycles. The van der Waals surface area contributed by atoms with E-state index in [9.17, 15) is 5.11 Å². The molecule has 3 nitrogen and oxygen atoms in total. The van der Waals surface area contributed by atoms with Crippen LogP contribution in [0.3, 0.4) is 0 Å². The zero-order valence-corrected chi connectivity index (χ0v) is 14.0. The fourth-order valence-corrected chi connectivity index (χ4v) is 2.63. The summed E-state index contributed by atoms with van der Waals surface area (Å²) in [5.74, 6) is 0.0631. The molecule has 104 valence electrons. The number of phenols is 1. The van der Waals surface area contributed by atoms with Gasteiger partial charge in [0.15, 0.2) is 0 Å². The Hall–Kier alpha value is -0.810. The van der Waals surface area contributed by atoms with Crippen molar-refractivity contribution in [3.63, 3.8) is 0 Å². The van der Waals surface area contributed by atoms with Crippen molar-refractivity contribution >= 4 is 62.1 Å². The number of hydrogen-bond donors (Lipinski definition) is 1. The quantitative estimate of drug-likeness (QED) is 0.440. The smallest absolute Gasteiger partial charge is 0.146 e. The van der Waals surface area contributed by atoms with Gasteiger partial charge in [0, 0.05) is 4.47 Å². The largest absolute Gasteiger partial charge is 0.505 e. The Balaban J connectivity index is 2.42. The highest BCUT2D eigenvalue weighted by atomic mass is 79.9. The van der Waals surface area contributed by atoms with Crippen LogP contribution in [0.4, 0.5) is 11.4 Å². The number of halogens is 4. The van der Waals surface area contributed by atoms with Gasteiger partial charge in [-0.15, -0.1) is 10.2 Å². The van der Waals surface area contributed by atoms with Gasteiger partial charge >= 0.3 is 0 Å². The summed E-state index contributed by atoms with van der Waals surface area (Å²) in [6, 6.07) is 6.43. The Morgan fingerprint density at radius 2 is 1.50 bits per heavy atom. The molecule has 0 aromatic heterocycles. The van der Waals surface area contributed by atoms with E-state index >= 15 is 0 Å². The Morgan fingerprint density at radius 3 is 2.20 bits per heavy atom. The average molecular weight is 394 g/mol. The molecule has 0 spiro atoms. The topological polar surface area (TPSA) is 45.0 Å². The minimum Gasteiger partial charge on any atom is -0.505 e. The molecule has 0 fully saturated rings. The molecule has 20 heavy (non-hydrogen) atoms. The summed E-state index contributed by atoms with van der Waals surface area (Å²) < 4.78 is 0.794. The van der Waals surface area contributed by atoms with Crippen molar-refractivity contribution in [3.8, 4) is 5.75 Å². The van der Waals surface area contributed by atoms with Crippen LogP contribution in [0.25, 0.3) is 0 Å². The molecule has 0 atom stereocenters. The summed E-state index contributed by atoms with van der Waals surface area (Å²) >= 11 is 21.1. The number of phenolic OH excluding ortho intramolecular Hbond substituents is 1. The third-order valence-corrected chi connectivity index (χ3v) is 3.98. The number of rotatable bonds is 2. The highest BCUT2D eigenvalue weighted by Crippen LogP contribution is 2.37. The first-order valence-electron chi connectivity index (χ1n) is 5.44. The molecule has 0 aliphatic heterocycles. The number of hydrogen-bond acceptors (Lipinski definition) is 3. The lowest BCUT2D eigenvalue weighted by molar-refractivity contribution is 0.472.